The fraction of sp³-hybridized carbons (Fsp3) is 0.0909. The molecule has 0 aromatic heterocycles. The zero-order chi connectivity index (χ0) is 23.6. The van der Waals surface area contributed by atoms with Crippen LogP contribution in [0.4, 0.5) is 32.4 Å². The first-order valence-electron chi connectivity index (χ1n) is 8.99. The molecular formula is C22H14ClF5N2O2. The molecule has 4 nitrogen and oxygen atoms in total. The summed E-state index contributed by atoms with van der Waals surface area (Å²) in [5.41, 5.74) is -0.996. The van der Waals surface area contributed by atoms with Gasteiger partial charge in [0.2, 0.25) is 0 Å². The zero-order valence-electron chi connectivity index (χ0n) is 16.3. The molecule has 0 radical (unpaired) electrons. The van der Waals surface area contributed by atoms with Crippen LogP contribution in [0.5, 0.6) is 0 Å². The molecule has 0 unspecified atom stereocenters. The van der Waals surface area contributed by atoms with Crippen LogP contribution in [0.25, 0.3) is 11.1 Å². The monoisotopic (exact) mass is 468 g/mol. The lowest BCUT2D eigenvalue weighted by Crippen LogP contribution is -2.41. The fourth-order valence-corrected chi connectivity index (χ4v) is 3.09. The van der Waals surface area contributed by atoms with Gasteiger partial charge >= 0.3 is 12.2 Å². The van der Waals surface area contributed by atoms with E-state index in [4.69, 9.17) is 11.6 Å². The Morgan fingerprint density at radius 2 is 1.53 bits per heavy atom. The van der Waals surface area contributed by atoms with E-state index in [0.29, 0.717) is 5.56 Å². The van der Waals surface area contributed by atoms with Crippen molar-refractivity contribution in [2.24, 2.45) is 0 Å². The fourth-order valence-electron chi connectivity index (χ4n) is 2.86. The summed E-state index contributed by atoms with van der Waals surface area (Å²) in [5, 5.41) is 1.98. The molecule has 0 aliphatic carbocycles. The van der Waals surface area contributed by atoms with Crippen LogP contribution in [0, 0.1) is 11.6 Å². The third-order valence-corrected chi connectivity index (χ3v) is 4.90. The number of amides is 3. The number of hydrogen-bond donors (Lipinski definition) is 1. The van der Waals surface area contributed by atoms with E-state index in [9.17, 15) is 31.5 Å². The van der Waals surface area contributed by atoms with Crippen LogP contribution >= 0.6 is 11.6 Å². The van der Waals surface area contributed by atoms with E-state index in [0.717, 1.165) is 41.3 Å². The van der Waals surface area contributed by atoms with E-state index >= 15 is 0 Å². The molecule has 3 aromatic carbocycles. The van der Waals surface area contributed by atoms with Gasteiger partial charge in [-0.05, 0) is 48.0 Å². The van der Waals surface area contributed by atoms with E-state index in [1.807, 2.05) is 5.32 Å². The molecule has 0 fully saturated rings. The molecule has 0 atom stereocenters. The van der Waals surface area contributed by atoms with Crippen LogP contribution in [-0.2, 0) is 6.18 Å². The Hall–Kier alpha value is -3.46. The van der Waals surface area contributed by atoms with E-state index < -0.39 is 40.9 Å². The number of carbonyl (C=O) groups is 2. The second-order valence-corrected chi connectivity index (χ2v) is 7.06. The van der Waals surface area contributed by atoms with Gasteiger partial charge in [-0.25, -0.2) is 13.6 Å². The van der Waals surface area contributed by atoms with Crippen molar-refractivity contribution < 1.29 is 31.5 Å². The van der Waals surface area contributed by atoms with Gasteiger partial charge in [-0.15, -0.1) is 0 Å². The van der Waals surface area contributed by atoms with Crippen LogP contribution in [0.3, 0.4) is 0 Å². The third kappa shape index (κ3) is 4.88. The van der Waals surface area contributed by atoms with Gasteiger partial charge in [-0.3, -0.25) is 15.0 Å². The number of hydrogen-bond acceptors (Lipinski definition) is 2. The molecule has 3 aromatic rings. The number of alkyl halides is 3. The van der Waals surface area contributed by atoms with Crippen LogP contribution in [0.15, 0.2) is 60.7 Å². The lowest BCUT2D eigenvalue weighted by atomic mass is 10.0. The van der Waals surface area contributed by atoms with Crippen LogP contribution in [0.1, 0.15) is 15.9 Å². The van der Waals surface area contributed by atoms with Gasteiger partial charge in [0, 0.05) is 23.3 Å². The van der Waals surface area contributed by atoms with Crippen molar-refractivity contribution in [1.82, 2.24) is 5.32 Å². The highest BCUT2D eigenvalue weighted by Gasteiger charge is 2.31. The molecular weight excluding hydrogens is 455 g/mol. The Balaban J connectivity index is 1.79. The number of carbonyl (C=O) groups excluding carboxylic acids is 2. The van der Waals surface area contributed by atoms with Crippen molar-refractivity contribution in [1.29, 1.82) is 0 Å². The molecule has 1 N–H and O–H groups in total. The largest absolute Gasteiger partial charge is 0.416 e. The summed E-state index contributed by atoms with van der Waals surface area (Å²) in [7, 11) is 1.30. The SMILES string of the molecule is CN(C(=O)NC(=O)c1c(F)cccc1F)c1ccc(-c2cc(C(F)(F)F)ccc2Cl)cc1. The Morgan fingerprint density at radius 3 is 2.09 bits per heavy atom. The Kier molecular flexibility index (Phi) is 6.50. The number of benzene rings is 3. The van der Waals surface area contributed by atoms with Crippen LogP contribution in [0.2, 0.25) is 5.02 Å². The molecule has 3 rings (SSSR count). The Bertz CT molecular complexity index is 1160. The minimum atomic E-state index is -4.54. The first-order chi connectivity index (χ1) is 15.0. The zero-order valence-corrected chi connectivity index (χ0v) is 17.1. The summed E-state index contributed by atoms with van der Waals surface area (Å²) in [6, 6.07) is 10.5. The predicted octanol–water partition coefficient (Wildman–Crippen LogP) is 6.29. The van der Waals surface area contributed by atoms with Crippen molar-refractivity contribution in [3.8, 4) is 11.1 Å². The number of nitrogens with one attached hydrogen (secondary N) is 1. The molecule has 3 amide bonds. The van der Waals surface area contributed by atoms with Crippen LogP contribution in [-0.4, -0.2) is 19.0 Å². The first-order valence-corrected chi connectivity index (χ1v) is 9.37. The van der Waals surface area contributed by atoms with E-state index in [1.165, 1.54) is 31.3 Å². The topological polar surface area (TPSA) is 49.4 Å². The van der Waals surface area contributed by atoms with Gasteiger partial charge in [0.1, 0.15) is 17.2 Å². The quantitative estimate of drug-likeness (QED) is 0.459. The number of anilines is 1. The average Bonchev–Trinajstić information content (AvgIpc) is 2.72. The summed E-state index contributed by atoms with van der Waals surface area (Å²) in [6.45, 7) is 0. The maximum absolute atomic E-state index is 13.7. The second-order valence-electron chi connectivity index (χ2n) is 6.65. The van der Waals surface area contributed by atoms with E-state index in [1.54, 1.807) is 0 Å². The van der Waals surface area contributed by atoms with E-state index in [2.05, 4.69) is 0 Å². The number of urea groups is 1. The molecule has 0 saturated heterocycles. The predicted molar refractivity (Wildman–Crippen MR) is 110 cm³/mol. The number of halogens is 6. The van der Waals surface area contributed by atoms with Crippen molar-refractivity contribution >= 4 is 29.2 Å². The summed E-state index contributed by atoms with van der Waals surface area (Å²) < 4.78 is 66.4. The highest BCUT2D eigenvalue weighted by atomic mass is 35.5. The highest BCUT2D eigenvalue weighted by molar-refractivity contribution is 6.33. The minimum absolute atomic E-state index is 0.106. The third-order valence-electron chi connectivity index (χ3n) is 4.57. The standard InChI is InChI=1S/C22H14ClF5N2O2/c1-30(21(32)29-20(31)19-17(24)3-2-4-18(19)25)14-8-5-12(6-9-14)15-11-13(22(26,27)28)7-10-16(15)23/h2-11H,1H3,(H,29,31,32). The van der Waals surface area contributed by atoms with Gasteiger partial charge in [0.25, 0.3) is 5.91 Å². The van der Waals surface area contributed by atoms with Gasteiger partial charge in [-0.2, -0.15) is 13.2 Å². The van der Waals surface area contributed by atoms with Gasteiger partial charge < -0.3 is 0 Å². The van der Waals surface area contributed by atoms with Gasteiger partial charge in [0.15, 0.2) is 0 Å². The van der Waals surface area contributed by atoms with E-state index in [-0.39, 0.29) is 16.3 Å². The molecule has 32 heavy (non-hydrogen) atoms. The van der Waals surface area contributed by atoms with Gasteiger partial charge in [0.05, 0.1) is 5.56 Å². The molecule has 166 valence electrons. The molecule has 0 saturated carbocycles. The summed E-state index contributed by atoms with van der Waals surface area (Å²) >= 11 is 6.03. The van der Waals surface area contributed by atoms with Crippen molar-refractivity contribution in [2.45, 2.75) is 6.18 Å². The summed E-state index contributed by atoms with van der Waals surface area (Å²) in [5.74, 6) is -3.51. The molecule has 0 aliphatic heterocycles. The normalized spacial score (nSPS) is 11.2. The minimum Gasteiger partial charge on any atom is -0.297 e. The summed E-state index contributed by atoms with van der Waals surface area (Å²) in [4.78, 5) is 25.4. The highest BCUT2D eigenvalue weighted by Crippen LogP contribution is 2.36. The van der Waals surface area contributed by atoms with Crippen LogP contribution < -0.4 is 10.2 Å². The Morgan fingerprint density at radius 1 is 0.938 bits per heavy atom. The lowest BCUT2D eigenvalue weighted by Gasteiger charge is -2.18. The average molecular weight is 469 g/mol. The second kappa shape index (κ2) is 8.96. The molecule has 0 bridgehead atoms. The van der Waals surface area contributed by atoms with Crippen molar-refractivity contribution in [3.05, 3.63) is 88.4 Å². The maximum atomic E-state index is 13.7. The molecule has 0 heterocycles. The number of rotatable bonds is 3. The van der Waals surface area contributed by atoms with Crippen molar-refractivity contribution in [2.75, 3.05) is 11.9 Å². The molecule has 0 aliphatic rings. The number of imide groups is 1. The lowest BCUT2D eigenvalue weighted by molar-refractivity contribution is -0.137. The van der Waals surface area contributed by atoms with Gasteiger partial charge in [-0.1, -0.05) is 29.8 Å². The maximum Gasteiger partial charge on any atom is 0.416 e. The summed E-state index contributed by atoms with van der Waals surface area (Å²) in [6.07, 6.45) is -4.54. The molecule has 0 spiro atoms. The number of nitrogens with zero attached hydrogens (tertiary/aromatic N) is 1. The molecule has 10 heteroatoms. The first kappa shape index (κ1) is 23.2. The Labute approximate surface area is 184 Å². The van der Waals surface area contributed by atoms with Crippen molar-refractivity contribution in [3.63, 3.8) is 0 Å². The smallest absolute Gasteiger partial charge is 0.297 e.